The largest absolute Gasteiger partial charge is 0.493 e. The maximum Gasteiger partial charge on any atom is 0.274 e. The van der Waals surface area contributed by atoms with Gasteiger partial charge in [-0.3, -0.25) is 4.79 Å². The molecule has 0 aliphatic rings. The Labute approximate surface area is 177 Å². The number of rotatable bonds is 7. The molecular weight excluding hydrogens is 398 g/mol. The zero-order valence-corrected chi connectivity index (χ0v) is 16.9. The summed E-state index contributed by atoms with van der Waals surface area (Å²) in [5, 5.41) is 14.7. The molecule has 1 N–H and O–H groups in total. The normalized spacial score (nSPS) is 11.2. The van der Waals surface area contributed by atoms with Gasteiger partial charge in [-0.2, -0.15) is 4.68 Å². The predicted molar refractivity (Wildman–Crippen MR) is 114 cm³/mol. The molecule has 2 aromatic carbocycles. The topological polar surface area (TPSA) is 104 Å². The van der Waals surface area contributed by atoms with Crippen LogP contribution in [0.4, 0.5) is 5.69 Å². The zero-order chi connectivity index (χ0) is 21.6. The van der Waals surface area contributed by atoms with Crippen LogP contribution in [-0.2, 0) is 4.79 Å². The van der Waals surface area contributed by atoms with Gasteiger partial charge in [-0.15, -0.1) is 5.10 Å². The van der Waals surface area contributed by atoms with Gasteiger partial charge >= 0.3 is 0 Å². The lowest BCUT2D eigenvalue weighted by Crippen LogP contribution is -2.19. The highest BCUT2D eigenvalue weighted by Gasteiger charge is 2.20. The van der Waals surface area contributed by atoms with E-state index in [4.69, 9.17) is 13.9 Å². The predicted octanol–water partition coefficient (Wildman–Crippen LogP) is 3.59. The Bertz CT molecular complexity index is 1200. The quantitative estimate of drug-likeness (QED) is 0.458. The van der Waals surface area contributed by atoms with Gasteiger partial charge in [-0.25, -0.2) is 0 Å². The van der Waals surface area contributed by atoms with E-state index in [1.807, 2.05) is 30.3 Å². The second-order valence-corrected chi connectivity index (χ2v) is 6.35. The lowest BCUT2D eigenvalue weighted by Gasteiger charge is -2.12. The van der Waals surface area contributed by atoms with Crippen LogP contribution in [-0.4, -0.2) is 40.3 Å². The molecule has 0 fully saturated rings. The van der Waals surface area contributed by atoms with Crippen LogP contribution in [0, 0.1) is 0 Å². The second-order valence-electron chi connectivity index (χ2n) is 6.35. The average molecular weight is 417 g/mol. The van der Waals surface area contributed by atoms with Gasteiger partial charge in [-0.05, 0) is 34.7 Å². The standard InChI is InChI=1S/C22H19N5O4/c1-29-19-11-10-16(13-20(19)30-2)23-22(28)18(14-17-9-6-12-31-17)27-21(24-25-26-27)15-7-4-3-5-8-15/h3-14H,1-2H3,(H,23,28)/b18-14+. The molecule has 0 bridgehead atoms. The second kappa shape index (κ2) is 8.95. The van der Waals surface area contributed by atoms with Crippen molar-refractivity contribution in [2.45, 2.75) is 0 Å². The van der Waals surface area contributed by atoms with E-state index >= 15 is 0 Å². The Morgan fingerprint density at radius 1 is 1.03 bits per heavy atom. The number of amides is 1. The maximum atomic E-state index is 13.3. The number of carbonyl (C=O) groups is 1. The minimum atomic E-state index is -0.437. The molecule has 0 unspecified atom stereocenters. The van der Waals surface area contributed by atoms with Gasteiger partial charge in [-0.1, -0.05) is 30.3 Å². The first-order valence-electron chi connectivity index (χ1n) is 9.32. The molecular formula is C22H19N5O4. The molecule has 0 radical (unpaired) electrons. The SMILES string of the molecule is COc1ccc(NC(=O)/C(=C\c2ccco2)n2nnnc2-c2ccccc2)cc1OC. The van der Waals surface area contributed by atoms with Crippen molar-refractivity contribution in [3.63, 3.8) is 0 Å². The van der Waals surface area contributed by atoms with Gasteiger partial charge in [0.25, 0.3) is 5.91 Å². The van der Waals surface area contributed by atoms with Crippen molar-refractivity contribution < 1.29 is 18.7 Å². The highest BCUT2D eigenvalue weighted by molar-refractivity contribution is 6.24. The number of hydrogen-bond donors (Lipinski definition) is 1. The Kier molecular flexibility index (Phi) is 5.75. The molecule has 9 nitrogen and oxygen atoms in total. The van der Waals surface area contributed by atoms with Gasteiger partial charge in [0, 0.05) is 23.4 Å². The van der Waals surface area contributed by atoms with E-state index in [2.05, 4.69) is 20.8 Å². The lowest BCUT2D eigenvalue weighted by atomic mass is 10.2. The zero-order valence-electron chi connectivity index (χ0n) is 16.9. The molecule has 9 heteroatoms. The molecule has 0 aliphatic heterocycles. The van der Waals surface area contributed by atoms with Crippen LogP contribution in [0.5, 0.6) is 11.5 Å². The Balaban J connectivity index is 1.72. The van der Waals surface area contributed by atoms with Crippen molar-refractivity contribution in [2.24, 2.45) is 0 Å². The average Bonchev–Trinajstić information content (AvgIpc) is 3.50. The van der Waals surface area contributed by atoms with E-state index in [-0.39, 0.29) is 5.70 Å². The number of nitrogens with zero attached hydrogens (tertiary/aromatic N) is 4. The fourth-order valence-corrected chi connectivity index (χ4v) is 2.96. The molecule has 0 saturated heterocycles. The van der Waals surface area contributed by atoms with Crippen LogP contribution in [0.15, 0.2) is 71.3 Å². The van der Waals surface area contributed by atoms with Crippen LogP contribution >= 0.6 is 0 Å². The van der Waals surface area contributed by atoms with E-state index in [1.165, 1.54) is 18.1 Å². The van der Waals surface area contributed by atoms with E-state index in [9.17, 15) is 4.79 Å². The summed E-state index contributed by atoms with van der Waals surface area (Å²) in [6.45, 7) is 0. The summed E-state index contributed by atoms with van der Waals surface area (Å²) in [4.78, 5) is 13.3. The van der Waals surface area contributed by atoms with Gasteiger partial charge in [0.15, 0.2) is 17.3 Å². The molecule has 2 aromatic heterocycles. The van der Waals surface area contributed by atoms with Gasteiger partial charge < -0.3 is 19.2 Å². The molecule has 0 saturated carbocycles. The first kappa shape index (κ1) is 19.9. The molecule has 156 valence electrons. The summed E-state index contributed by atoms with van der Waals surface area (Å²) in [6, 6.07) is 17.9. The summed E-state index contributed by atoms with van der Waals surface area (Å²) in [5.74, 6) is 1.50. The van der Waals surface area contributed by atoms with Crippen molar-refractivity contribution in [3.8, 4) is 22.9 Å². The summed E-state index contributed by atoms with van der Waals surface area (Å²) in [7, 11) is 3.07. The third-order valence-electron chi connectivity index (χ3n) is 4.43. The first-order valence-corrected chi connectivity index (χ1v) is 9.32. The number of carbonyl (C=O) groups excluding carboxylic acids is 1. The number of methoxy groups -OCH3 is 2. The van der Waals surface area contributed by atoms with Gasteiger partial charge in [0.05, 0.1) is 20.5 Å². The van der Waals surface area contributed by atoms with Crippen molar-refractivity contribution >= 4 is 23.4 Å². The highest BCUT2D eigenvalue weighted by atomic mass is 16.5. The van der Waals surface area contributed by atoms with Crippen LogP contribution < -0.4 is 14.8 Å². The monoisotopic (exact) mass is 417 g/mol. The fraction of sp³-hybridized carbons (Fsp3) is 0.0909. The first-order chi connectivity index (χ1) is 15.2. The van der Waals surface area contributed by atoms with E-state index < -0.39 is 5.91 Å². The van der Waals surface area contributed by atoms with Crippen molar-refractivity contribution in [1.82, 2.24) is 20.2 Å². The van der Waals surface area contributed by atoms with Crippen molar-refractivity contribution in [3.05, 3.63) is 72.7 Å². The Morgan fingerprint density at radius 3 is 2.55 bits per heavy atom. The third-order valence-corrected chi connectivity index (χ3v) is 4.43. The number of hydrogen-bond acceptors (Lipinski definition) is 7. The fourth-order valence-electron chi connectivity index (χ4n) is 2.96. The smallest absolute Gasteiger partial charge is 0.274 e. The summed E-state index contributed by atoms with van der Waals surface area (Å²) >= 11 is 0. The van der Waals surface area contributed by atoms with Crippen LogP contribution in [0.25, 0.3) is 23.2 Å². The minimum absolute atomic E-state index is 0.175. The number of ether oxygens (including phenoxy) is 2. The summed E-state index contributed by atoms with van der Waals surface area (Å²) < 4.78 is 17.3. The van der Waals surface area contributed by atoms with Crippen molar-refractivity contribution in [2.75, 3.05) is 19.5 Å². The molecule has 0 spiro atoms. The molecule has 1 amide bonds. The van der Waals surface area contributed by atoms with Gasteiger partial charge in [0.2, 0.25) is 0 Å². The molecule has 0 aliphatic carbocycles. The van der Waals surface area contributed by atoms with Crippen LogP contribution in [0.2, 0.25) is 0 Å². The number of anilines is 1. The number of benzene rings is 2. The van der Waals surface area contributed by atoms with E-state index in [0.717, 1.165) is 5.56 Å². The van der Waals surface area contributed by atoms with Crippen molar-refractivity contribution in [1.29, 1.82) is 0 Å². The Hall–Kier alpha value is -4.40. The van der Waals surface area contributed by atoms with E-state index in [0.29, 0.717) is 28.8 Å². The summed E-state index contributed by atoms with van der Waals surface area (Å²) in [6.07, 6.45) is 3.09. The molecule has 2 heterocycles. The van der Waals surface area contributed by atoms with Crippen LogP contribution in [0.1, 0.15) is 5.76 Å². The minimum Gasteiger partial charge on any atom is -0.493 e. The highest BCUT2D eigenvalue weighted by Crippen LogP contribution is 2.30. The molecule has 0 atom stereocenters. The molecule has 4 aromatic rings. The van der Waals surface area contributed by atoms with Gasteiger partial charge in [0.1, 0.15) is 11.5 Å². The maximum absolute atomic E-state index is 13.3. The molecule has 31 heavy (non-hydrogen) atoms. The number of furan rings is 1. The number of nitrogens with one attached hydrogen (secondary N) is 1. The third kappa shape index (κ3) is 4.30. The molecule has 4 rings (SSSR count). The Morgan fingerprint density at radius 2 is 1.84 bits per heavy atom. The summed E-state index contributed by atoms with van der Waals surface area (Å²) in [5.41, 5.74) is 1.45. The lowest BCUT2D eigenvalue weighted by molar-refractivity contribution is -0.111. The van der Waals surface area contributed by atoms with Crippen LogP contribution in [0.3, 0.4) is 0 Å². The van der Waals surface area contributed by atoms with E-state index in [1.54, 1.807) is 43.5 Å². The number of tetrazole rings is 1. The number of aromatic nitrogens is 4.